The highest BCUT2D eigenvalue weighted by atomic mass is 16.1. The highest BCUT2D eigenvalue weighted by Crippen LogP contribution is 2.14. The first-order valence-electron chi connectivity index (χ1n) is 5.57. The third-order valence-electron chi connectivity index (χ3n) is 2.61. The minimum absolute atomic E-state index is 0.228. The first-order chi connectivity index (χ1) is 8.61. The Bertz CT molecular complexity index is 576. The number of pyridine rings is 1. The Morgan fingerprint density at radius 3 is 3.00 bits per heavy atom. The van der Waals surface area contributed by atoms with Gasteiger partial charge in [-0.15, -0.1) is 0 Å². The van der Waals surface area contributed by atoms with Gasteiger partial charge in [-0.25, -0.2) is 0 Å². The van der Waals surface area contributed by atoms with Crippen LogP contribution in [0.25, 0.3) is 0 Å². The Balaban J connectivity index is 2.24. The Kier molecular flexibility index (Phi) is 3.38. The fourth-order valence-corrected chi connectivity index (χ4v) is 1.69. The standard InChI is InChI=1S/C12H15N5O/c1-8-10(4-3-5-14-8)12(18)15-11-9(6-13)7-17(2)16-11/h3-5,7H,6,13H2,1-2H3,(H,15,16,18). The van der Waals surface area contributed by atoms with Crippen molar-refractivity contribution in [3.05, 3.63) is 41.3 Å². The summed E-state index contributed by atoms with van der Waals surface area (Å²) in [6.07, 6.45) is 3.43. The van der Waals surface area contributed by atoms with E-state index in [1.807, 2.05) is 0 Å². The van der Waals surface area contributed by atoms with Crippen LogP contribution in [0.4, 0.5) is 5.82 Å². The Hall–Kier alpha value is -2.21. The van der Waals surface area contributed by atoms with Gasteiger partial charge in [0, 0.05) is 37.2 Å². The summed E-state index contributed by atoms with van der Waals surface area (Å²) in [7, 11) is 1.78. The summed E-state index contributed by atoms with van der Waals surface area (Å²) in [6, 6.07) is 3.45. The number of nitrogens with one attached hydrogen (secondary N) is 1. The predicted octanol–water partition coefficient (Wildman–Crippen LogP) is 0.835. The summed E-state index contributed by atoms with van der Waals surface area (Å²) in [6.45, 7) is 2.12. The van der Waals surface area contributed by atoms with Crippen LogP contribution in [0.2, 0.25) is 0 Å². The number of carbonyl (C=O) groups excluding carboxylic acids is 1. The van der Waals surface area contributed by atoms with Crippen LogP contribution in [0.5, 0.6) is 0 Å². The zero-order chi connectivity index (χ0) is 13.1. The third kappa shape index (κ3) is 2.38. The smallest absolute Gasteiger partial charge is 0.258 e. The zero-order valence-corrected chi connectivity index (χ0v) is 10.3. The molecular weight excluding hydrogens is 230 g/mol. The Labute approximate surface area is 105 Å². The molecule has 0 aliphatic heterocycles. The second kappa shape index (κ2) is 4.97. The normalized spacial score (nSPS) is 10.4. The van der Waals surface area contributed by atoms with E-state index < -0.39 is 0 Å². The number of amides is 1. The molecule has 2 aromatic heterocycles. The molecule has 0 aliphatic carbocycles. The van der Waals surface area contributed by atoms with E-state index in [9.17, 15) is 4.79 Å². The van der Waals surface area contributed by atoms with Crippen molar-refractivity contribution in [3.63, 3.8) is 0 Å². The van der Waals surface area contributed by atoms with Gasteiger partial charge in [0.2, 0.25) is 0 Å². The van der Waals surface area contributed by atoms with Crippen molar-refractivity contribution >= 4 is 11.7 Å². The second-order valence-corrected chi connectivity index (χ2v) is 3.97. The molecule has 2 heterocycles. The van der Waals surface area contributed by atoms with E-state index >= 15 is 0 Å². The molecule has 2 rings (SSSR count). The first-order valence-corrected chi connectivity index (χ1v) is 5.57. The average Bonchev–Trinajstić information content (AvgIpc) is 2.70. The maximum atomic E-state index is 12.1. The van der Waals surface area contributed by atoms with Crippen molar-refractivity contribution in [3.8, 4) is 0 Å². The Morgan fingerprint density at radius 2 is 2.33 bits per heavy atom. The van der Waals surface area contributed by atoms with E-state index in [0.29, 0.717) is 23.6 Å². The maximum absolute atomic E-state index is 12.1. The molecule has 0 aromatic carbocycles. The molecule has 3 N–H and O–H groups in total. The fourth-order valence-electron chi connectivity index (χ4n) is 1.69. The van der Waals surface area contributed by atoms with Crippen LogP contribution in [-0.2, 0) is 13.6 Å². The zero-order valence-electron chi connectivity index (χ0n) is 10.3. The number of nitrogens with two attached hydrogens (primary N) is 1. The summed E-state index contributed by atoms with van der Waals surface area (Å²) in [5.74, 6) is 0.266. The molecule has 1 amide bonds. The van der Waals surface area contributed by atoms with Gasteiger partial charge in [-0.1, -0.05) is 0 Å². The van der Waals surface area contributed by atoms with Crippen molar-refractivity contribution in [2.24, 2.45) is 12.8 Å². The minimum Gasteiger partial charge on any atom is -0.326 e. The van der Waals surface area contributed by atoms with Gasteiger partial charge in [-0.2, -0.15) is 5.10 Å². The van der Waals surface area contributed by atoms with Gasteiger partial charge in [0.15, 0.2) is 5.82 Å². The molecule has 2 aromatic rings. The van der Waals surface area contributed by atoms with Gasteiger partial charge in [0.25, 0.3) is 5.91 Å². The highest BCUT2D eigenvalue weighted by Gasteiger charge is 2.13. The molecule has 6 nitrogen and oxygen atoms in total. The molecule has 0 saturated heterocycles. The number of nitrogens with zero attached hydrogens (tertiary/aromatic N) is 3. The van der Waals surface area contributed by atoms with Crippen molar-refractivity contribution < 1.29 is 4.79 Å². The second-order valence-electron chi connectivity index (χ2n) is 3.97. The van der Waals surface area contributed by atoms with Gasteiger partial charge in [-0.05, 0) is 19.1 Å². The molecule has 0 saturated carbocycles. The lowest BCUT2D eigenvalue weighted by molar-refractivity contribution is 0.102. The number of rotatable bonds is 3. The molecule has 0 spiro atoms. The highest BCUT2D eigenvalue weighted by molar-refractivity contribution is 6.04. The average molecular weight is 245 g/mol. The van der Waals surface area contributed by atoms with Crippen molar-refractivity contribution in [1.82, 2.24) is 14.8 Å². The lowest BCUT2D eigenvalue weighted by Crippen LogP contribution is -2.16. The number of aromatic nitrogens is 3. The number of aryl methyl sites for hydroxylation is 2. The van der Waals surface area contributed by atoms with Crippen LogP contribution >= 0.6 is 0 Å². The number of hydrogen-bond donors (Lipinski definition) is 2. The van der Waals surface area contributed by atoms with E-state index in [0.717, 1.165) is 5.56 Å². The predicted molar refractivity (Wildman–Crippen MR) is 68.0 cm³/mol. The first kappa shape index (κ1) is 12.3. The van der Waals surface area contributed by atoms with Crippen molar-refractivity contribution in [2.45, 2.75) is 13.5 Å². The van der Waals surface area contributed by atoms with Crippen LogP contribution in [-0.4, -0.2) is 20.7 Å². The number of hydrogen-bond acceptors (Lipinski definition) is 4. The van der Waals surface area contributed by atoms with Gasteiger partial charge in [0.05, 0.1) is 5.56 Å². The van der Waals surface area contributed by atoms with Crippen LogP contribution < -0.4 is 11.1 Å². The fraction of sp³-hybridized carbons (Fsp3) is 0.250. The van der Waals surface area contributed by atoms with Crippen LogP contribution in [0.1, 0.15) is 21.6 Å². The lowest BCUT2D eigenvalue weighted by Gasteiger charge is -2.05. The van der Waals surface area contributed by atoms with Crippen molar-refractivity contribution in [2.75, 3.05) is 5.32 Å². The Morgan fingerprint density at radius 1 is 1.56 bits per heavy atom. The molecule has 0 unspecified atom stereocenters. The van der Waals surface area contributed by atoms with Crippen LogP contribution in [0.15, 0.2) is 24.5 Å². The SMILES string of the molecule is Cc1ncccc1C(=O)Nc1nn(C)cc1CN. The van der Waals surface area contributed by atoms with E-state index in [-0.39, 0.29) is 5.91 Å². The van der Waals surface area contributed by atoms with Crippen molar-refractivity contribution in [1.29, 1.82) is 0 Å². The van der Waals surface area contributed by atoms with Crippen LogP contribution in [0.3, 0.4) is 0 Å². The van der Waals surface area contributed by atoms with E-state index in [2.05, 4.69) is 15.4 Å². The third-order valence-corrected chi connectivity index (χ3v) is 2.61. The summed E-state index contributed by atoms with van der Waals surface area (Å²) < 4.78 is 1.62. The number of anilines is 1. The van der Waals surface area contributed by atoms with Gasteiger partial charge < -0.3 is 11.1 Å². The van der Waals surface area contributed by atoms with Crippen LogP contribution in [0, 0.1) is 6.92 Å². The topological polar surface area (TPSA) is 85.8 Å². The van der Waals surface area contributed by atoms with E-state index in [1.54, 1.807) is 43.2 Å². The lowest BCUT2D eigenvalue weighted by atomic mass is 10.2. The van der Waals surface area contributed by atoms with Gasteiger partial charge in [0.1, 0.15) is 0 Å². The molecule has 0 atom stereocenters. The monoisotopic (exact) mass is 245 g/mol. The largest absolute Gasteiger partial charge is 0.326 e. The summed E-state index contributed by atoms with van der Waals surface area (Å²) >= 11 is 0. The molecular formula is C12H15N5O. The number of carbonyl (C=O) groups is 1. The summed E-state index contributed by atoms with van der Waals surface area (Å²) in [5, 5.41) is 6.91. The molecule has 0 aliphatic rings. The minimum atomic E-state index is -0.228. The maximum Gasteiger partial charge on any atom is 0.258 e. The summed E-state index contributed by atoms with van der Waals surface area (Å²) in [5.41, 5.74) is 7.60. The molecule has 94 valence electrons. The summed E-state index contributed by atoms with van der Waals surface area (Å²) in [4.78, 5) is 16.1. The molecule has 0 fully saturated rings. The molecule has 0 bridgehead atoms. The molecule has 0 radical (unpaired) electrons. The quantitative estimate of drug-likeness (QED) is 0.838. The van der Waals surface area contributed by atoms with E-state index in [4.69, 9.17) is 5.73 Å². The molecule has 18 heavy (non-hydrogen) atoms. The van der Waals surface area contributed by atoms with Gasteiger partial charge >= 0.3 is 0 Å². The molecule has 6 heteroatoms. The van der Waals surface area contributed by atoms with E-state index in [1.165, 1.54) is 0 Å². The van der Waals surface area contributed by atoms with Gasteiger partial charge in [-0.3, -0.25) is 14.5 Å².